The lowest BCUT2D eigenvalue weighted by Gasteiger charge is -2.38. The number of H-pyrrole nitrogens is 1. The standard InChI is InChI=1S/C42H71N3O9/c43-34-42(35(46)27-23-19-15-11-7-3-1-4-8-12-16-20-24-28-38(48)49)41(53,33-37(54-42)45-32-30-36(47)44-40(45)52)31-26-22-18-14-10-6-2-5-9-13-17-21-25-29-39(50)51/h30,32,35,37,46,53H,1-29,31,33H2,(H,48,49)(H,50,51)(H,44,47,52)/t35?,37-,41+,42-/m1/s1. The summed E-state index contributed by atoms with van der Waals surface area (Å²) in [5.74, 6) is -1.43. The maximum absolute atomic E-state index is 12.6. The zero-order chi connectivity index (χ0) is 39.5. The van der Waals surface area contributed by atoms with Gasteiger partial charge < -0.3 is 25.2 Å². The zero-order valence-corrected chi connectivity index (χ0v) is 33.0. The first-order valence-corrected chi connectivity index (χ1v) is 21.3. The summed E-state index contributed by atoms with van der Waals surface area (Å²) in [6.45, 7) is 0. The van der Waals surface area contributed by atoms with Gasteiger partial charge in [-0.2, -0.15) is 5.26 Å². The Kier molecular flexibility index (Phi) is 24.1. The molecule has 1 aromatic rings. The fraction of sp³-hybridized carbons (Fsp3) is 0.833. The Labute approximate surface area is 322 Å². The van der Waals surface area contributed by atoms with Crippen LogP contribution in [-0.4, -0.2) is 59.2 Å². The summed E-state index contributed by atoms with van der Waals surface area (Å²) < 4.78 is 7.35. The molecule has 0 aliphatic carbocycles. The lowest BCUT2D eigenvalue weighted by atomic mass is 9.74. The van der Waals surface area contributed by atoms with E-state index in [1.807, 2.05) is 0 Å². The molecule has 2 rings (SSSR count). The Morgan fingerprint density at radius 1 is 0.722 bits per heavy atom. The van der Waals surface area contributed by atoms with Crippen LogP contribution in [0.3, 0.4) is 0 Å². The van der Waals surface area contributed by atoms with Crippen molar-refractivity contribution in [3.63, 3.8) is 0 Å². The van der Waals surface area contributed by atoms with Crippen LogP contribution in [0.25, 0.3) is 0 Å². The third kappa shape index (κ3) is 18.1. The van der Waals surface area contributed by atoms with E-state index in [0.717, 1.165) is 103 Å². The molecule has 0 bridgehead atoms. The molecular formula is C42H71N3O9. The average molecular weight is 762 g/mol. The van der Waals surface area contributed by atoms with E-state index in [9.17, 15) is 34.7 Å². The molecule has 1 saturated heterocycles. The molecule has 1 aliphatic heterocycles. The Morgan fingerprint density at radius 3 is 1.50 bits per heavy atom. The maximum Gasteiger partial charge on any atom is 0.330 e. The predicted octanol–water partition coefficient (Wildman–Crippen LogP) is 8.68. The third-order valence-electron chi connectivity index (χ3n) is 11.2. The number of unbranched alkanes of at least 4 members (excludes halogenated alkanes) is 24. The Balaban J connectivity index is 1.73. The minimum absolute atomic E-state index is 0.0478. The van der Waals surface area contributed by atoms with Crippen molar-refractivity contribution >= 4 is 11.9 Å². The number of aromatic amines is 1. The number of nitrogens with zero attached hydrogens (tertiary/aromatic N) is 2. The van der Waals surface area contributed by atoms with E-state index in [0.29, 0.717) is 19.3 Å². The van der Waals surface area contributed by atoms with Crippen LogP contribution in [0.5, 0.6) is 0 Å². The number of aliphatic carboxylic acids is 2. The van der Waals surface area contributed by atoms with Gasteiger partial charge >= 0.3 is 17.6 Å². The molecule has 12 heteroatoms. The number of hydrogen-bond donors (Lipinski definition) is 5. The monoisotopic (exact) mass is 762 g/mol. The molecular weight excluding hydrogens is 690 g/mol. The molecule has 0 aromatic carbocycles. The minimum Gasteiger partial charge on any atom is -0.481 e. The van der Waals surface area contributed by atoms with Crippen LogP contribution in [0, 0.1) is 11.3 Å². The number of aliphatic hydroxyl groups excluding tert-OH is 1. The van der Waals surface area contributed by atoms with Crippen molar-refractivity contribution in [2.45, 2.75) is 223 Å². The van der Waals surface area contributed by atoms with E-state index >= 15 is 0 Å². The van der Waals surface area contributed by atoms with E-state index < -0.39 is 46.7 Å². The molecule has 1 unspecified atom stereocenters. The van der Waals surface area contributed by atoms with Gasteiger partial charge in [-0.3, -0.25) is 23.9 Å². The van der Waals surface area contributed by atoms with Gasteiger partial charge in [0.25, 0.3) is 5.56 Å². The second-order valence-electron chi connectivity index (χ2n) is 15.7. The van der Waals surface area contributed by atoms with Crippen molar-refractivity contribution in [3.05, 3.63) is 33.1 Å². The van der Waals surface area contributed by atoms with Crippen LogP contribution in [0.15, 0.2) is 21.9 Å². The summed E-state index contributed by atoms with van der Waals surface area (Å²) in [7, 11) is 0. The normalized spacial score (nSPS) is 20.2. The number of aromatic nitrogens is 2. The summed E-state index contributed by atoms with van der Waals surface area (Å²) in [6, 6.07) is 3.35. The number of carbonyl (C=O) groups is 2. The molecule has 0 saturated carbocycles. The van der Waals surface area contributed by atoms with Gasteiger partial charge in [0.2, 0.25) is 5.60 Å². The molecule has 0 amide bonds. The number of nitriles is 1. The van der Waals surface area contributed by atoms with Crippen molar-refractivity contribution < 1.29 is 34.8 Å². The van der Waals surface area contributed by atoms with Crippen molar-refractivity contribution in [2.75, 3.05) is 0 Å². The Morgan fingerprint density at radius 2 is 1.11 bits per heavy atom. The van der Waals surface area contributed by atoms with Gasteiger partial charge in [-0.25, -0.2) is 4.79 Å². The number of ether oxygens (including phenoxy) is 1. The lowest BCUT2D eigenvalue weighted by molar-refractivity contribution is -0.168. The second-order valence-corrected chi connectivity index (χ2v) is 15.7. The van der Waals surface area contributed by atoms with Gasteiger partial charge in [0.15, 0.2) is 0 Å². The largest absolute Gasteiger partial charge is 0.481 e. The van der Waals surface area contributed by atoms with Crippen LogP contribution >= 0.6 is 0 Å². The summed E-state index contributed by atoms with van der Waals surface area (Å²) in [5.41, 5.74) is -4.82. The van der Waals surface area contributed by atoms with E-state index in [1.165, 1.54) is 68.2 Å². The van der Waals surface area contributed by atoms with E-state index in [2.05, 4.69) is 11.1 Å². The molecule has 4 atom stereocenters. The number of hydrogen-bond acceptors (Lipinski definition) is 8. The van der Waals surface area contributed by atoms with Crippen molar-refractivity contribution in [1.82, 2.24) is 9.55 Å². The molecule has 308 valence electrons. The molecule has 54 heavy (non-hydrogen) atoms. The van der Waals surface area contributed by atoms with E-state index in [1.54, 1.807) is 0 Å². The molecule has 1 aliphatic rings. The quantitative estimate of drug-likeness (QED) is 0.0423. The number of nitrogens with one attached hydrogen (secondary N) is 1. The average Bonchev–Trinajstić information content (AvgIpc) is 3.43. The number of aliphatic hydroxyl groups is 2. The zero-order valence-electron chi connectivity index (χ0n) is 33.0. The van der Waals surface area contributed by atoms with Gasteiger partial charge in [-0.05, 0) is 25.7 Å². The summed E-state index contributed by atoms with van der Waals surface area (Å²) in [6.07, 6.45) is 27.3. The smallest absolute Gasteiger partial charge is 0.330 e. The molecule has 12 nitrogen and oxygen atoms in total. The lowest BCUT2D eigenvalue weighted by Crippen LogP contribution is -2.57. The van der Waals surface area contributed by atoms with Crippen molar-refractivity contribution in [3.8, 4) is 6.07 Å². The highest BCUT2D eigenvalue weighted by atomic mass is 16.6. The van der Waals surface area contributed by atoms with Crippen LogP contribution in [0.1, 0.15) is 205 Å². The highest BCUT2D eigenvalue weighted by Gasteiger charge is 2.63. The molecule has 2 heterocycles. The first-order chi connectivity index (χ1) is 26.0. The minimum atomic E-state index is -1.90. The molecule has 0 radical (unpaired) electrons. The summed E-state index contributed by atoms with van der Waals surface area (Å²) in [5, 5.41) is 51.4. The number of rotatable bonds is 34. The van der Waals surface area contributed by atoms with Gasteiger partial charge in [0.1, 0.15) is 17.9 Å². The van der Waals surface area contributed by atoms with E-state index in [-0.39, 0.29) is 25.7 Å². The molecule has 1 fully saturated rings. The number of carboxylic acid groups (broad SMARTS) is 2. The van der Waals surface area contributed by atoms with Crippen LogP contribution in [0.4, 0.5) is 0 Å². The summed E-state index contributed by atoms with van der Waals surface area (Å²) >= 11 is 0. The first kappa shape index (κ1) is 47.1. The van der Waals surface area contributed by atoms with Gasteiger partial charge in [0.05, 0.1) is 6.10 Å². The van der Waals surface area contributed by atoms with Crippen molar-refractivity contribution in [1.29, 1.82) is 5.26 Å². The third-order valence-corrected chi connectivity index (χ3v) is 11.2. The second kappa shape index (κ2) is 27.6. The maximum atomic E-state index is 12.6. The molecule has 1 aromatic heterocycles. The van der Waals surface area contributed by atoms with E-state index in [4.69, 9.17) is 14.9 Å². The van der Waals surface area contributed by atoms with Crippen LogP contribution < -0.4 is 11.2 Å². The van der Waals surface area contributed by atoms with Gasteiger partial charge in [0, 0.05) is 31.5 Å². The van der Waals surface area contributed by atoms with Crippen LogP contribution in [-0.2, 0) is 14.3 Å². The Hall–Kier alpha value is -3.01. The molecule has 0 spiro atoms. The predicted molar refractivity (Wildman–Crippen MR) is 209 cm³/mol. The van der Waals surface area contributed by atoms with Crippen LogP contribution in [0.2, 0.25) is 0 Å². The fourth-order valence-electron chi connectivity index (χ4n) is 7.90. The van der Waals surface area contributed by atoms with Gasteiger partial charge in [-0.15, -0.1) is 0 Å². The Bertz CT molecular complexity index is 1340. The van der Waals surface area contributed by atoms with Gasteiger partial charge in [-0.1, -0.05) is 154 Å². The SMILES string of the molecule is N#C[C@]1(C(O)CCCCCCCCCCCCCCCC(=O)O)O[C@@H](n2ccc(=O)[nH]c2=O)C[C@@]1(O)CCCCCCCCCCCCCCCC(=O)O. The number of carboxylic acids is 2. The summed E-state index contributed by atoms with van der Waals surface area (Å²) in [4.78, 5) is 47.7. The fourth-order valence-corrected chi connectivity index (χ4v) is 7.90. The molecule has 5 N–H and O–H groups in total. The first-order valence-electron chi connectivity index (χ1n) is 21.3. The van der Waals surface area contributed by atoms with Crippen molar-refractivity contribution in [2.24, 2.45) is 0 Å². The highest BCUT2D eigenvalue weighted by Crippen LogP contribution is 2.49. The topological polar surface area (TPSA) is 203 Å². The highest BCUT2D eigenvalue weighted by molar-refractivity contribution is 5.66.